The molecule has 1 aromatic rings. The van der Waals surface area contributed by atoms with E-state index in [4.69, 9.17) is 4.74 Å². The molecule has 1 saturated heterocycles. The molecule has 106 valence electrons. The number of rotatable bonds is 8. The summed E-state index contributed by atoms with van der Waals surface area (Å²) in [4.78, 5) is 4.38. The van der Waals surface area contributed by atoms with Crippen molar-refractivity contribution in [2.45, 2.75) is 45.1 Å². The van der Waals surface area contributed by atoms with Gasteiger partial charge in [0.15, 0.2) is 5.82 Å². The van der Waals surface area contributed by atoms with Gasteiger partial charge in [0.05, 0.1) is 12.3 Å². The van der Waals surface area contributed by atoms with Crippen molar-refractivity contribution >= 4 is 11.8 Å². The summed E-state index contributed by atoms with van der Waals surface area (Å²) in [5, 5.41) is 14.4. The first-order valence-electron chi connectivity index (χ1n) is 7.17. The normalized spacial score (nSPS) is 18.5. The molecule has 2 N–H and O–H groups in total. The number of nitrogens with one attached hydrogen (secondary N) is 2. The molecule has 0 saturated carbocycles. The Hall–Kier alpha value is -1.43. The third kappa shape index (κ3) is 4.98. The van der Waals surface area contributed by atoms with Gasteiger partial charge in [0, 0.05) is 19.7 Å². The average Bonchev–Trinajstić information content (AvgIpc) is 2.95. The van der Waals surface area contributed by atoms with Crippen LogP contribution in [0.1, 0.15) is 39.0 Å². The molecule has 19 heavy (non-hydrogen) atoms. The van der Waals surface area contributed by atoms with Crippen molar-refractivity contribution in [2.75, 3.05) is 30.3 Å². The Morgan fingerprint density at radius 3 is 3.11 bits per heavy atom. The van der Waals surface area contributed by atoms with Crippen LogP contribution in [0.15, 0.2) is 6.20 Å². The molecule has 0 bridgehead atoms. The lowest BCUT2D eigenvalue weighted by Gasteiger charge is -2.11. The highest BCUT2D eigenvalue weighted by Gasteiger charge is 2.15. The maximum atomic E-state index is 5.55. The van der Waals surface area contributed by atoms with Crippen LogP contribution in [0.2, 0.25) is 0 Å². The van der Waals surface area contributed by atoms with Gasteiger partial charge < -0.3 is 15.4 Å². The van der Waals surface area contributed by atoms with Crippen LogP contribution in [-0.4, -0.2) is 41.0 Å². The predicted molar refractivity (Wildman–Crippen MR) is 75.3 cm³/mol. The topological polar surface area (TPSA) is 72.0 Å². The lowest BCUT2D eigenvalue weighted by atomic mass is 10.2. The van der Waals surface area contributed by atoms with E-state index in [1.54, 1.807) is 6.20 Å². The second kappa shape index (κ2) is 7.89. The molecule has 1 aliphatic rings. The second-order valence-electron chi connectivity index (χ2n) is 4.82. The second-order valence-corrected chi connectivity index (χ2v) is 4.82. The molecule has 1 atom stereocenters. The summed E-state index contributed by atoms with van der Waals surface area (Å²) in [6.45, 7) is 4.74. The monoisotopic (exact) mass is 265 g/mol. The molecule has 1 aliphatic heterocycles. The zero-order valence-electron chi connectivity index (χ0n) is 11.6. The van der Waals surface area contributed by atoms with Gasteiger partial charge in [0.1, 0.15) is 0 Å². The summed E-state index contributed by atoms with van der Waals surface area (Å²) in [6.07, 6.45) is 7.78. The van der Waals surface area contributed by atoms with E-state index in [0.29, 0.717) is 12.1 Å². The van der Waals surface area contributed by atoms with Gasteiger partial charge in [-0.1, -0.05) is 19.8 Å². The van der Waals surface area contributed by atoms with Gasteiger partial charge in [0.2, 0.25) is 5.95 Å². The molecular formula is C13H23N5O. The van der Waals surface area contributed by atoms with Gasteiger partial charge in [-0.2, -0.15) is 10.1 Å². The highest BCUT2D eigenvalue weighted by Crippen LogP contribution is 2.12. The van der Waals surface area contributed by atoms with Crippen molar-refractivity contribution in [3.05, 3.63) is 6.20 Å². The smallest absolute Gasteiger partial charge is 0.244 e. The van der Waals surface area contributed by atoms with E-state index in [0.717, 1.165) is 44.8 Å². The number of hydrogen-bond donors (Lipinski definition) is 2. The number of anilines is 2. The van der Waals surface area contributed by atoms with E-state index in [2.05, 4.69) is 32.7 Å². The summed E-state index contributed by atoms with van der Waals surface area (Å²) < 4.78 is 5.55. The van der Waals surface area contributed by atoms with Gasteiger partial charge in [-0.25, -0.2) is 0 Å². The Morgan fingerprint density at radius 2 is 2.32 bits per heavy atom. The maximum absolute atomic E-state index is 5.55. The van der Waals surface area contributed by atoms with Gasteiger partial charge in [-0.05, 0) is 19.3 Å². The average molecular weight is 265 g/mol. The zero-order valence-corrected chi connectivity index (χ0v) is 11.6. The Balaban J connectivity index is 1.74. The molecule has 0 radical (unpaired) electrons. The van der Waals surface area contributed by atoms with E-state index >= 15 is 0 Å². The minimum atomic E-state index is 0.302. The van der Waals surface area contributed by atoms with Crippen molar-refractivity contribution in [2.24, 2.45) is 0 Å². The third-order valence-corrected chi connectivity index (χ3v) is 3.16. The molecule has 6 nitrogen and oxygen atoms in total. The first-order chi connectivity index (χ1) is 9.38. The molecule has 1 aromatic heterocycles. The van der Waals surface area contributed by atoms with E-state index < -0.39 is 0 Å². The van der Waals surface area contributed by atoms with Crippen LogP contribution >= 0.6 is 0 Å². The highest BCUT2D eigenvalue weighted by molar-refractivity contribution is 5.36. The fourth-order valence-electron chi connectivity index (χ4n) is 2.06. The molecule has 0 amide bonds. The van der Waals surface area contributed by atoms with Crippen LogP contribution in [0.3, 0.4) is 0 Å². The van der Waals surface area contributed by atoms with E-state index in [-0.39, 0.29) is 0 Å². The van der Waals surface area contributed by atoms with Crippen LogP contribution in [0, 0.1) is 0 Å². The van der Waals surface area contributed by atoms with Crippen molar-refractivity contribution in [1.29, 1.82) is 0 Å². The molecule has 2 heterocycles. The van der Waals surface area contributed by atoms with E-state index in [9.17, 15) is 0 Å². The van der Waals surface area contributed by atoms with Crippen molar-refractivity contribution in [3.8, 4) is 0 Å². The minimum absolute atomic E-state index is 0.302. The Labute approximate surface area is 114 Å². The summed E-state index contributed by atoms with van der Waals surface area (Å²) in [5.74, 6) is 1.34. The molecule has 6 heteroatoms. The minimum Gasteiger partial charge on any atom is -0.376 e. The van der Waals surface area contributed by atoms with Crippen LogP contribution in [0.25, 0.3) is 0 Å². The van der Waals surface area contributed by atoms with Gasteiger partial charge >= 0.3 is 0 Å². The third-order valence-electron chi connectivity index (χ3n) is 3.16. The SMILES string of the molecule is CCCCCNc1nncc(NCC2CCCO2)n1. The standard InChI is InChI=1S/C13H23N5O/c1-2-3-4-7-14-13-17-12(10-16-18-13)15-9-11-6-5-8-19-11/h10-11H,2-9H2,1H3,(H2,14,15,17,18). The largest absolute Gasteiger partial charge is 0.376 e. The van der Waals surface area contributed by atoms with Gasteiger partial charge in [-0.3, -0.25) is 0 Å². The van der Waals surface area contributed by atoms with Crippen molar-refractivity contribution in [3.63, 3.8) is 0 Å². The summed E-state index contributed by atoms with van der Waals surface area (Å²) in [5.41, 5.74) is 0. The summed E-state index contributed by atoms with van der Waals surface area (Å²) >= 11 is 0. The molecule has 1 fully saturated rings. The number of ether oxygens (including phenoxy) is 1. The number of hydrogen-bond acceptors (Lipinski definition) is 6. The summed E-state index contributed by atoms with van der Waals surface area (Å²) in [6, 6.07) is 0. The quantitative estimate of drug-likeness (QED) is 0.701. The Bertz CT molecular complexity index is 368. The number of unbranched alkanes of at least 4 members (excludes halogenated alkanes) is 2. The van der Waals surface area contributed by atoms with E-state index in [1.165, 1.54) is 12.8 Å². The molecule has 0 aliphatic carbocycles. The predicted octanol–water partition coefficient (Wildman–Crippen LogP) is 2.06. The molecule has 1 unspecified atom stereocenters. The Kier molecular flexibility index (Phi) is 5.81. The van der Waals surface area contributed by atoms with Crippen LogP contribution in [0.5, 0.6) is 0 Å². The number of aromatic nitrogens is 3. The Morgan fingerprint density at radius 1 is 1.37 bits per heavy atom. The maximum Gasteiger partial charge on any atom is 0.244 e. The molecular weight excluding hydrogens is 242 g/mol. The molecule has 2 rings (SSSR count). The fraction of sp³-hybridized carbons (Fsp3) is 0.769. The first kappa shape index (κ1) is 14.0. The van der Waals surface area contributed by atoms with Crippen LogP contribution in [-0.2, 0) is 4.74 Å². The molecule has 0 aromatic carbocycles. The van der Waals surface area contributed by atoms with Crippen LogP contribution in [0.4, 0.5) is 11.8 Å². The van der Waals surface area contributed by atoms with Gasteiger partial charge in [-0.15, -0.1) is 5.10 Å². The van der Waals surface area contributed by atoms with Crippen LogP contribution < -0.4 is 10.6 Å². The van der Waals surface area contributed by atoms with Crippen molar-refractivity contribution < 1.29 is 4.74 Å². The molecule has 0 spiro atoms. The van der Waals surface area contributed by atoms with E-state index in [1.807, 2.05) is 0 Å². The fourth-order valence-corrected chi connectivity index (χ4v) is 2.06. The highest BCUT2D eigenvalue weighted by atomic mass is 16.5. The van der Waals surface area contributed by atoms with Crippen molar-refractivity contribution in [1.82, 2.24) is 15.2 Å². The first-order valence-corrected chi connectivity index (χ1v) is 7.17. The summed E-state index contributed by atoms with van der Waals surface area (Å²) in [7, 11) is 0. The zero-order chi connectivity index (χ0) is 13.3. The van der Waals surface area contributed by atoms with Gasteiger partial charge in [0.25, 0.3) is 0 Å². The number of nitrogens with zero attached hydrogens (tertiary/aromatic N) is 3. The lowest BCUT2D eigenvalue weighted by Crippen LogP contribution is -2.19. The lowest BCUT2D eigenvalue weighted by molar-refractivity contribution is 0.120.